The van der Waals surface area contributed by atoms with Crippen LogP contribution in [-0.4, -0.2) is 80.0 Å². The Morgan fingerprint density at radius 2 is 1.70 bits per heavy atom. The number of hydrogen-bond donors (Lipinski definition) is 1. The Hall–Kier alpha value is -1.78. The number of likely N-dealkylation sites (tertiary alicyclic amines) is 1. The van der Waals surface area contributed by atoms with E-state index < -0.39 is 33.8 Å². The van der Waals surface area contributed by atoms with E-state index in [0.717, 1.165) is 4.90 Å². The Balaban J connectivity index is 1.64. The van der Waals surface area contributed by atoms with E-state index in [2.05, 4.69) is 5.32 Å². The third kappa shape index (κ3) is 4.92. The molecule has 0 aromatic rings. The maximum atomic E-state index is 12.9. The molecule has 2 saturated heterocycles. The molecule has 1 N–H and O–H groups in total. The molecule has 3 unspecified atom stereocenters. The Kier molecular flexibility index (Phi) is 7.30. The summed E-state index contributed by atoms with van der Waals surface area (Å²) in [5, 5.41) is 2.64. The quantitative estimate of drug-likeness (QED) is 0.423. The first-order valence-electron chi connectivity index (χ1n) is 10.6. The molecule has 168 valence electrons. The number of amides is 3. The molecule has 30 heavy (non-hydrogen) atoms. The van der Waals surface area contributed by atoms with E-state index in [0.29, 0.717) is 45.6 Å². The average molecular weight is 442 g/mol. The average Bonchev–Trinajstić information content (AvgIpc) is 2.97. The van der Waals surface area contributed by atoms with E-state index in [-0.39, 0.29) is 30.0 Å². The summed E-state index contributed by atoms with van der Waals surface area (Å²) in [4.78, 5) is 39.8. The van der Waals surface area contributed by atoms with Crippen molar-refractivity contribution in [2.45, 2.75) is 39.2 Å². The number of rotatable bonds is 8. The minimum Gasteiger partial charge on any atom is -0.379 e. The van der Waals surface area contributed by atoms with Crippen molar-refractivity contribution in [1.29, 1.82) is 0 Å². The fourth-order valence-electron chi connectivity index (χ4n) is 4.28. The number of carbonyl (C=O) groups is 3. The summed E-state index contributed by atoms with van der Waals surface area (Å²) in [6.07, 6.45) is 5.18. The van der Waals surface area contributed by atoms with Crippen molar-refractivity contribution in [2.75, 3.05) is 38.6 Å². The van der Waals surface area contributed by atoms with Crippen LogP contribution in [0.2, 0.25) is 0 Å². The van der Waals surface area contributed by atoms with Crippen LogP contribution in [0.1, 0.15) is 33.1 Å². The van der Waals surface area contributed by atoms with Gasteiger partial charge in [0.25, 0.3) is 0 Å². The minimum absolute atomic E-state index is 0.0717. The lowest BCUT2D eigenvalue weighted by Crippen LogP contribution is -2.51. The van der Waals surface area contributed by atoms with Crippen LogP contribution < -0.4 is 5.32 Å². The standard InChI is InChI=1S/C20H31N3O6S/c1-14(2)13-17(23-19(25)15-5-3-4-6-16(15)20(23)26)18(24)21-7-12-30(27,28)22-8-10-29-11-9-22/h3-4,14-17H,5-13H2,1-2H3,(H,21,24). The molecule has 3 atom stereocenters. The third-order valence-electron chi connectivity index (χ3n) is 5.87. The normalized spacial score (nSPS) is 26.2. The molecule has 2 fully saturated rings. The topological polar surface area (TPSA) is 113 Å². The van der Waals surface area contributed by atoms with E-state index in [9.17, 15) is 22.8 Å². The molecular weight excluding hydrogens is 410 g/mol. The fourth-order valence-corrected chi connectivity index (χ4v) is 5.61. The van der Waals surface area contributed by atoms with Crippen molar-refractivity contribution in [3.8, 4) is 0 Å². The summed E-state index contributed by atoms with van der Waals surface area (Å²) in [6.45, 7) is 5.10. The first-order chi connectivity index (χ1) is 14.2. The second kappa shape index (κ2) is 9.57. The highest BCUT2D eigenvalue weighted by Gasteiger charge is 2.51. The second-order valence-electron chi connectivity index (χ2n) is 8.47. The predicted molar refractivity (Wildman–Crippen MR) is 110 cm³/mol. The van der Waals surface area contributed by atoms with Crippen LogP contribution in [0.15, 0.2) is 12.2 Å². The largest absolute Gasteiger partial charge is 0.379 e. The van der Waals surface area contributed by atoms with Crippen molar-refractivity contribution in [1.82, 2.24) is 14.5 Å². The van der Waals surface area contributed by atoms with E-state index >= 15 is 0 Å². The monoisotopic (exact) mass is 441 g/mol. The number of nitrogens with zero attached hydrogens (tertiary/aromatic N) is 2. The predicted octanol–water partition coefficient (Wildman–Crippen LogP) is 0.131. The van der Waals surface area contributed by atoms with Gasteiger partial charge < -0.3 is 10.1 Å². The lowest BCUT2D eigenvalue weighted by atomic mass is 9.85. The smallest absolute Gasteiger partial charge is 0.243 e. The number of fused-ring (bicyclic) bond motifs is 1. The van der Waals surface area contributed by atoms with Crippen molar-refractivity contribution in [2.24, 2.45) is 17.8 Å². The Labute approximate surface area is 177 Å². The van der Waals surface area contributed by atoms with Crippen LogP contribution in [0, 0.1) is 17.8 Å². The number of allylic oxidation sites excluding steroid dienone is 2. The number of ether oxygens (including phenoxy) is 1. The van der Waals surface area contributed by atoms with E-state index in [1.54, 1.807) is 0 Å². The number of hydrogen-bond acceptors (Lipinski definition) is 6. The van der Waals surface area contributed by atoms with Gasteiger partial charge in [0.15, 0.2) is 0 Å². The number of nitrogens with one attached hydrogen (secondary N) is 1. The van der Waals surface area contributed by atoms with E-state index in [4.69, 9.17) is 4.74 Å². The summed E-state index contributed by atoms with van der Waals surface area (Å²) in [5.74, 6) is -2.01. The van der Waals surface area contributed by atoms with Gasteiger partial charge in [-0.25, -0.2) is 8.42 Å². The van der Waals surface area contributed by atoms with Crippen LogP contribution in [-0.2, 0) is 29.1 Å². The molecule has 0 spiro atoms. The van der Waals surface area contributed by atoms with Gasteiger partial charge >= 0.3 is 0 Å². The summed E-state index contributed by atoms with van der Waals surface area (Å²) < 4.78 is 31.4. The highest BCUT2D eigenvalue weighted by molar-refractivity contribution is 7.89. The zero-order chi connectivity index (χ0) is 21.9. The Morgan fingerprint density at radius 3 is 2.23 bits per heavy atom. The van der Waals surface area contributed by atoms with Crippen LogP contribution in [0.5, 0.6) is 0 Å². The van der Waals surface area contributed by atoms with Crippen LogP contribution >= 0.6 is 0 Å². The van der Waals surface area contributed by atoms with Gasteiger partial charge in [-0.2, -0.15) is 4.31 Å². The fraction of sp³-hybridized carbons (Fsp3) is 0.750. The maximum Gasteiger partial charge on any atom is 0.243 e. The summed E-state index contributed by atoms with van der Waals surface area (Å²) in [7, 11) is -3.50. The first-order valence-corrected chi connectivity index (χ1v) is 12.2. The molecule has 0 saturated carbocycles. The van der Waals surface area contributed by atoms with Gasteiger partial charge in [-0.3, -0.25) is 19.3 Å². The zero-order valence-electron chi connectivity index (χ0n) is 17.6. The lowest BCUT2D eigenvalue weighted by Gasteiger charge is -2.28. The lowest BCUT2D eigenvalue weighted by molar-refractivity contribution is -0.148. The first kappa shape index (κ1) is 22.9. The molecule has 2 aliphatic heterocycles. The van der Waals surface area contributed by atoms with E-state index in [1.165, 1.54) is 4.31 Å². The zero-order valence-corrected chi connectivity index (χ0v) is 18.4. The highest BCUT2D eigenvalue weighted by Crippen LogP contribution is 2.37. The SMILES string of the molecule is CC(C)CC(C(=O)NCCS(=O)(=O)N1CCOCC1)N1C(=O)C2CC=CCC2C1=O. The van der Waals surface area contributed by atoms with Gasteiger partial charge in [0.2, 0.25) is 27.7 Å². The van der Waals surface area contributed by atoms with Gasteiger partial charge in [-0.1, -0.05) is 26.0 Å². The molecule has 3 rings (SSSR count). The van der Waals surface area contributed by atoms with Gasteiger partial charge in [0.05, 0.1) is 30.8 Å². The van der Waals surface area contributed by atoms with Gasteiger partial charge in [-0.15, -0.1) is 0 Å². The number of imide groups is 1. The molecule has 0 aromatic carbocycles. The number of sulfonamides is 1. The van der Waals surface area contributed by atoms with Crippen molar-refractivity contribution < 1.29 is 27.5 Å². The molecule has 1 aliphatic carbocycles. The molecule has 3 aliphatic rings. The molecule has 0 aromatic heterocycles. The van der Waals surface area contributed by atoms with Gasteiger partial charge in [0, 0.05) is 19.6 Å². The van der Waals surface area contributed by atoms with Gasteiger partial charge in [-0.05, 0) is 25.2 Å². The van der Waals surface area contributed by atoms with Crippen LogP contribution in [0.4, 0.5) is 0 Å². The van der Waals surface area contributed by atoms with Crippen molar-refractivity contribution in [3.63, 3.8) is 0 Å². The van der Waals surface area contributed by atoms with Crippen LogP contribution in [0.3, 0.4) is 0 Å². The highest BCUT2D eigenvalue weighted by atomic mass is 32.2. The molecule has 10 heteroatoms. The van der Waals surface area contributed by atoms with Gasteiger partial charge in [0.1, 0.15) is 6.04 Å². The van der Waals surface area contributed by atoms with Crippen LogP contribution in [0.25, 0.3) is 0 Å². The summed E-state index contributed by atoms with van der Waals surface area (Å²) in [5.41, 5.74) is 0. The Bertz CT molecular complexity index is 777. The molecular formula is C20H31N3O6S. The van der Waals surface area contributed by atoms with Crippen molar-refractivity contribution in [3.05, 3.63) is 12.2 Å². The minimum atomic E-state index is -3.50. The molecule has 0 radical (unpaired) electrons. The summed E-state index contributed by atoms with van der Waals surface area (Å²) in [6, 6.07) is -0.915. The molecule has 0 bridgehead atoms. The number of carbonyl (C=O) groups excluding carboxylic acids is 3. The molecule has 9 nitrogen and oxygen atoms in total. The summed E-state index contributed by atoms with van der Waals surface area (Å²) >= 11 is 0. The third-order valence-corrected chi connectivity index (χ3v) is 7.75. The molecule has 3 amide bonds. The molecule has 2 heterocycles. The maximum absolute atomic E-state index is 12.9. The van der Waals surface area contributed by atoms with E-state index in [1.807, 2.05) is 26.0 Å². The Morgan fingerprint density at radius 1 is 1.13 bits per heavy atom. The van der Waals surface area contributed by atoms with Crippen molar-refractivity contribution >= 4 is 27.7 Å². The number of morpholine rings is 1. The second-order valence-corrected chi connectivity index (χ2v) is 10.6.